The van der Waals surface area contributed by atoms with Crippen molar-refractivity contribution in [2.45, 2.75) is 6.92 Å². The summed E-state index contributed by atoms with van der Waals surface area (Å²) >= 11 is 0. The highest BCUT2D eigenvalue weighted by molar-refractivity contribution is 5.94. The molecule has 0 radical (unpaired) electrons. The van der Waals surface area contributed by atoms with E-state index in [0.717, 1.165) is 16.9 Å². The lowest BCUT2D eigenvalue weighted by Gasteiger charge is -2.19. The maximum absolute atomic E-state index is 12.0. The molecule has 0 saturated heterocycles. The van der Waals surface area contributed by atoms with Gasteiger partial charge in [-0.15, -0.1) is 0 Å². The van der Waals surface area contributed by atoms with Crippen LogP contribution in [0.2, 0.25) is 0 Å². The van der Waals surface area contributed by atoms with Crippen LogP contribution in [-0.2, 0) is 4.79 Å². The minimum absolute atomic E-state index is 0.117. The Labute approximate surface area is 124 Å². The van der Waals surface area contributed by atoms with Crippen molar-refractivity contribution in [3.63, 3.8) is 0 Å². The largest absolute Gasteiger partial charge is 0.364 e. The van der Waals surface area contributed by atoms with E-state index in [2.05, 4.69) is 11.4 Å². The number of nitrogens with one attached hydrogen (secondary N) is 1. The van der Waals surface area contributed by atoms with Crippen molar-refractivity contribution in [2.24, 2.45) is 0 Å². The van der Waals surface area contributed by atoms with Crippen molar-refractivity contribution in [3.05, 3.63) is 59.7 Å². The Morgan fingerprint density at radius 1 is 1.19 bits per heavy atom. The SMILES string of the molecule is Cc1ccc(NC(=O)CN(C)c2ccccc2C#N)cc1. The summed E-state index contributed by atoms with van der Waals surface area (Å²) in [6, 6.07) is 17.0. The Hall–Kier alpha value is -2.80. The summed E-state index contributed by atoms with van der Waals surface area (Å²) in [4.78, 5) is 13.8. The molecule has 0 atom stereocenters. The molecule has 4 heteroatoms. The molecule has 106 valence electrons. The molecular formula is C17H17N3O. The van der Waals surface area contributed by atoms with E-state index in [1.807, 2.05) is 49.4 Å². The van der Waals surface area contributed by atoms with Crippen LogP contribution in [0.25, 0.3) is 0 Å². The van der Waals surface area contributed by atoms with Crippen LogP contribution < -0.4 is 10.2 Å². The maximum atomic E-state index is 12.0. The molecule has 2 aromatic carbocycles. The zero-order chi connectivity index (χ0) is 15.2. The molecule has 0 unspecified atom stereocenters. The van der Waals surface area contributed by atoms with Crippen molar-refractivity contribution in [1.82, 2.24) is 0 Å². The number of carbonyl (C=O) groups is 1. The van der Waals surface area contributed by atoms with Crippen LogP contribution in [0.1, 0.15) is 11.1 Å². The van der Waals surface area contributed by atoms with Gasteiger partial charge in [-0.25, -0.2) is 0 Å². The number of likely N-dealkylation sites (N-methyl/N-ethyl adjacent to an activating group) is 1. The zero-order valence-corrected chi connectivity index (χ0v) is 12.1. The number of amides is 1. The van der Waals surface area contributed by atoms with Crippen LogP contribution in [-0.4, -0.2) is 19.5 Å². The summed E-state index contributed by atoms with van der Waals surface area (Å²) in [6.45, 7) is 2.19. The molecule has 0 heterocycles. The topological polar surface area (TPSA) is 56.1 Å². The van der Waals surface area contributed by atoms with Gasteiger partial charge in [0.1, 0.15) is 6.07 Å². The summed E-state index contributed by atoms with van der Waals surface area (Å²) in [7, 11) is 1.80. The predicted octanol–water partition coefficient (Wildman–Crippen LogP) is 2.94. The lowest BCUT2D eigenvalue weighted by atomic mass is 10.2. The molecule has 0 fully saturated rings. The number of anilines is 2. The Kier molecular flexibility index (Phi) is 4.57. The van der Waals surface area contributed by atoms with Crippen LogP contribution in [0.4, 0.5) is 11.4 Å². The van der Waals surface area contributed by atoms with Gasteiger partial charge in [-0.1, -0.05) is 29.8 Å². The van der Waals surface area contributed by atoms with Gasteiger partial charge in [0.05, 0.1) is 17.8 Å². The summed E-state index contributed by atoms with van der Waals surface area (Å²) in [5.74, 6) is -0.117. The zero-order valence-electron chi connectivity index (χ0n) is 12.1. The van der Waals surface area contributed by atoms with Gasteiger partial charge >= 0.3 is 0 Å². The van der Waals surface area contributed by atoms with E-state index in [0.29, 0.717) is 5.56 Å². The second kappa shape index (κ2) is 6.58. The van der Waals surface area contributed by atoms with Crippen LogP contribution >= 0.6 is 0 Å². The first kappa shape index (κ1) is 14.6. The molecule has 21 heavy (non-hydrogen) atoms. The minimum Gasteiger partial charge on any atom is -0.364 e. The highest BCUT2D eigenvalue weighted by atomic mass is 16.2. The van der Waals surface area contributed by atoms with Crippen molar-refractivity contribution in [3.8, 4) is 6.07 Å². The lowest BCUT2D eigenvalue weighted by molar-refractivity contribution is -0.114. The number of nitrogens with zero attached hydrogens (tertiary/aromatic N) is 2. The van der Waals surface area contributed by atoms with Crippen LogP contribution in [0.3, 0.4) is 0 Å². The molecule has 0 saturated carbocycles. The van der Waals surface area contributed by atoms with Gasteiger partial charge in [-0.05, 0) is 31.2 Å². The number of aryl methyl sites for hydroxylation is 1. The van der Waals surface area contributed by atoms with Gasteiger partial charge in [-0.2, -0.15) is 5.26 Å². The van der Waals surface area contributed by atoms with E-state index < -0.39 is 0 Å². The van der Waals surface area contributed by atoms with Crippen molar-refractivity contribution < 1.29 is 4.79 Å². The molecule has 0 aliphatic heterocycles. The standard InChI is InChI=1S/C17H17N3O/c1-13-7-9-15(10-8-13)19-17(21)12-20(2)16-6-4-3-5-14(16)11-18/h3-10H,12H2,1-2H3,(H,19,21). The fourth-order valence-electron chi connectivity index (χ4n) is 2.04. The van der Waals surface area contributed by atoms with Gasteiger partial charge in [0.25, 0.3) is 0 Å². The van der Waals surface area contributed by atoms with Crippen molar-refractivity contribution in [1.29, 1.82) is 5.26 Å². The third-order valence-electron chi connectivity index (χ3n) is 3.15. The maximum Gasteiger partial charge on any atom is 0.243 e. The molecule has 0 aliphatic carbocycles. The third-order valence-corrected chi connectivity index (χ3v) is 3.15. The highest BCUT2D eigenvalue weighted by Gasteiger charge is 2.10. The minimum atomic E-state index is -0.117. The van der Waals surface area contributed by atoms with E-state index >= 15 is 0 Å². The second-order valence-electron chi connectivity index (χ2n) is 4.90. The predicted molar refractivity (Wildman–Crippen MR) is 84.2 cm³/mol. The monoisotopic (exact) mass is 279 g/mol. The smallest absolute Gasteiger partial charge is 0.243 e. The number of benzene rings is 2. The van der Waals surface area contributed by atoms with Gasteiger partial charge < -0.3 is 10.2 Å². The molecular weight excluding hydrogens is 262 g/mol. The molecule has 2 rings (SSSR count). The first-order valence-electron chi connectivity index (χ1n) is 6.67. The van der Waals surface area contributed by atoms with Crippen LogP contribution in [0.5, 0.6) is 0 Å². The second-order valence-corrected chi connectivity index (χ2v) is 4.90. The Morgan fingerprint density at radius 2 is 1.86 bits per heavy atom. The average Bonchev–Trinajstić information content (AvgIpc) is 2.49. The molecule has 0 spiro atoms. The number of para-hydroxylation sites is 1. The van der Waals surface area contributed by atoms with E-state index in [4.69, 9.17) is 5.26 Å². The summed E-state index contributed by atoms with van der Waals surface area (Å²) in [6.07, 6.45) is 0. The molecule has 1 amide bonds. The van der Waals surface area contributed by atoms with Crippen LogP contribution in [0.15, 0.2) is 48.5 Å². The van der Waals surface area contributed by atoms with E-state index in [1.54, 1.807) is 18.0 Å². The van der Waals surface area contributed by atoms with E-state index in [9.17, 15) is 4.79 Å². The molecule has 0 aliphatic rings. The summed E-state index contributed by atoms with van der Waals surface area (Å²) < 4.78 is 0. The number of rotatable bonds is 4. The number of hydrogen-bond donors (Lipinski definition) is 1. The van der Waals surface area contributed by atoms with Gasteiger partial charge in [0, 0.05) is 12.7 Å². The molecule has 1 N–H and O–H groups in total. The first-order valence-corrected chi connectivity index (χ1v) is 6.67. The average molecular weight is 279 g/mol. The normalized spacial score (nSPS) is 9.76. The number of hydrogen-bond acceptors (Lipinski definition) is 3. The lowest BCUT2D eigenvalue weighted by Crippen LogP contribution is -2.30. The van der Waals surface area contributed by atoms with Gasteiger partial charge in [0.2, 0.25) is 5.91 Å². The Bertz CT molecular complexity index is 671. The molecule has 2 aromatic rings. The summed E-state index contributed by atoms with van der Waals surface area (Å²) in [5.41, 5.74) is 3.22. The number of carbonyl (C=O) groups excluding carboxylic acids is 1. The quantitative estimate of drug-likeness (QED) is 0.936. The summed E-state index contributed by atoms with van der Waals surface area (Å²) in [5, 5.41) is 11.9. The molecule has 0 bridgehead atoms. The van der Waals surface area contributed by atoms with Gasteiger partial charge in [-0.3, -0.25) is 4.79 Å². The van der Waals surface area contributed by atoms with Crippen LogP contribution in [0, 0.1) is 18.3 Å². The fourth-order valence-corrected chi connectivity index (χ4v) is 2.04. The first-order chi connectivity index (χ1) is 10.1. The van der Waals surface area contributed by atoms with E-state index in [-0.39, 0.29) is 12.5 Å². The Balaban J connectivity index is 2.02. The van der Waals surface area contributed by atoms with Gasteiger partial charge in [0.15, 0.2) is 0 Å². The fraction of sp³-hybridized carbons (Fsp3) is 0.176. The van der Waals surface area contributed by atoms with Crippen molar-refractivity contribution >= 4 is 17.3 Å². The third kappa shape index (κ3) is 3.83. The van der Waals surface area contributed by atoms with E-state index in [1.165, 1.54) is 0 Å². The molecule has 0 aromatic heterocycles. The highest BCUT2D eigenvalue weighted by Crippen LogP contribution is 2.18. The number of nitriles is 1. The van der Waals surface area contributed by atoms with Crippen molar-refractivity contribution in [2.75, 3.05) is 23.8 Å². The molecule has 4 nitrogen and oxygen atoms in total. The Morgan fingerprint density at radius 3 is 2.52 bits per heavy atom.